The molecule has 0 radical (unpaired) electrons. The Morgan fingerprint density at radius 1 is 1.22 bits per heavy atom. The van der Waals surface area contributed by atoms with Crippen LogP contribution in [0.2, 0.25) is 5.02 Å². The van der Waals surface area contributed by atoms with Gasteiger partial charge in [-0.05, 0) is 30.7 Å². The molecule has 0 fully saturated rings. The first-order valence-corrected chi connectivity index (χ1v) is 6.29. The molecule has 0 bridgehead atoms. The first kappa shape index (κ1) is 15.1. The van der Waals surface area contributed by atoms with E-state index in [2.05, 4.69) is 0 Å². The molecule has 0 amide bonds. The first-order valence-electron chi connectivity index (χ1n) is 5.91. The van der Waals surface area contributed by atoms with Gasteiger partial charge < -0.3 is 19.9 Å². The summed E-state index contributed by atoms with van der Waals surface area (Å²) in [4.78, 5) is 0. The van der Waals surface area contributed by atoms with Gasteiger partial charge in [-0.2, -0.15) is 0 Å². The van der Waals surface area contributed by atoms with Crippen molar-refractivity contribution in [2.75, 3.05) is 34.0 Å². The Kier molecular flexibility index (Phi) is 6.86. The summed E-state index contributed by atoms with van der Waals surface area (Å²) in [5, 5.41) is 0.551. The summed E-state index contributed by atoms with van der Waals surface area (Å²) in [6, 6.07) is 3.77. The summed E-state index contributed by atoms with van der Waals surface area (Å²) < 4.78 is 15.9. The molecule has 0 aromatic heterocycles. The Morgan fingerprint density at radius 3 is 2.61 bits per heavy atom. The Balaban J connectivity index is 2.76. The van der Waals surface area contributed by atoms with Gasteiger partial charge in [0.05, 0.1) is 18.7 Å². The van der Waals surface area contributed by atoms with Crippen LogP contribution in [-0.4, -0.2) is 34.0 Å². The van der Waals surface area contributed by atoms with Crippen molar-refractivity contribution in [1.29, 1.82) is 0 Å². The van der Waals surface area contributed by atoms with E-state index in [9.17, 15) is 0 Å². The molecule has 0 heterocycles. The van der Waals surface area contributed by atoms with E-state index in [-0.39, 0.29) is 0 Å². The van der Waals surface area contributed by atoms with E-state index in [1.54, 1.807) is 14.2 Å². The lowest BCUT2D eigenvalue weighted by Gasteiger charge is -2.14. The molecular formula is C13H20ClNO3. The number of hydrogen-bond acceptors (Lipinski definition) is 4. The van der Waals surface area contributed by atoms with E-state index in [0.717, 1.165) is 18.4 Å². The number of methoxy groups -OCH3 is 2. The number of rotatable bonds is 8. The van der Waals surface area contributed by atoms with Crippen molar-refractivity contribution in [1.82, 2.24) is 0 Å². The second kappa shape index (κ2) is 8.19. The summed E-state index contributed by atoms with van der Waals surface area (Å²) in [5.74, 6) is 1.22. The Hall–Kier alpha value is -0.970. The highest BCUT2D eigenvalue weighted by atomic mass is 35.5. The molecule has 0 atom stereocenters. The third kappa shape index (κ3) is 4.37. The highest BCUT2D eigenvalue weighted by molar-refractivity contribution is 6.32. The number of halogens is 1. The van der Waals surface area contributed by atoms with Gasteiger partial charge in [-0.25, -0.2) is 0 Å². The largest absolute Gasteiger partial charge is 0.493 e. The maximum absolute atomic E-state index is 6.18. The number of hydrogen-bond donors (Lipinski definition) is 1. The van der Waals surface area contributed by atoms with Gasteiger partial charge in [-0.15, -0.1) is 0 Å². The maximum Gasteiger partial charge on any atom is 0.179 e. The normalized spacial score (nSPS) is 10.4. The summed E-state index contributed by atoms with van der Waals surface area (Å²) >= 11 is 6.18. The van der Waals surface area contributed by atoms with Crippen molar-refractivity contribution < 1.29 is 14.2 Å². The van der Waals surface area contributed by atoms with Gasteiger partial charge >= 0.3 is 0 Å². The van der Waals surface area contributed by atoms with Crippen molar-refractivity contribution in [3.8, 4) is 11.5 Å². The molecule has 0 spiro atoms. The molecular weight excluding hydrogens is 254 g/mol. The smallest absolute Gasteiger partial charge is 0.179 e. The summed E-state index contributed by atoms with van der Waals surface area (Å²) in [6.45, 7) is 1.78. The molecule has 0 saturated carbocycles. The molecule has 102 valence electrons. The Morgan fingerprint density at radius 2 is 2.00 bits per heavy atom. The van der Waals surface area contributed by atoms with Crippen LogP contribution in [0.3, 0.4) is 0 Å². The van der Waals surface area contributed by atoms with Crippen molar-refractivity contribution in [3.63, 3.8) is 0 Å². The fraction of sp³-hybridized carbons (Fsp3) is 0.538. The molecule has 1 aromatic rings. The molecule has 5 heteroatoms. The zero-order chi connectivity index (χ0) is 13.4. The lowest BCUT2D eigenvalue weighted by Crippen LogP contribution is -2.05. The standard InChI is InChI=1S/C13H20ClNO3/c1-16-6-3-7-18-13-11(14)8-10(4-5-15)9-12(13)17-2/h8-9H,3-7,15H2,1-2H3. The predicted molar refractivity (Wildman–Crippen MR) is 72.8 cm³/mol. The quantitative estimate of drug-likeness (QED) is 0.738. The van der Waals surface area contributed by atoms with E-state index in [1.807, 2.05) is 12.1 Å². The van der Waals surface area contributed by atoms with Crippen LogP contribution in [0, 0.1) is 0 Å². The molecule has 0 unspecified atom stereocenters. The first-order chi connectivity index (χ1) is 8.72. The fourth-order valence-electron chi connectivity index (χ4n) is 1.60. The van der Waals surface area contributed by atoms with Crippen LogP contribution in [0.1, 0.15) is 12.0 Å². The van der Waals surface area contributed by atoms with Crippen LogP contribution in [0.15, 0.2) is 12.1 Å². The van der Waals surface area contributed by atoms with Gasteiger partial charge in [0.1, 0.15) is 0 Å². The molecule has 4 nitrogen and oxygen atoms in total. The summed E-state index contributed by atoms with van der Waals surface area (Å²) in [7, 11) is 3.26. The van der Waals surface area contributed by atoms with Gasteiger partial charge in [-0.1, -0.05) is 11.6 Å². The van der Waals surface area contributed by atoms with Crippen LogP contribution < -0.4 is 15.2 Å². The van der Waals surface area contributed by atoms with Gasteiger partial charge in [0.15, 0.2) is 11.5 Å². The average Bonchev–Trinajstić information content (AvgIpc) is 2.36. The van der Waals surface area contributed by atoms with Crippen LogP contribution >= 0.6 is 11.6 Å². The number of benzene rings is 1. The molecule has 0 saturated heterocycles. The third-order valence-electron chi connectivity index (χ3n) is 2.46. The molecule has 0 aliphatic rings. The van der Waals surface area contributed by atoms with Crippen LogP contribution in [-0.2, 0) is 11.2 Å². The molecule has 0 aliphatic carbocycles. The van der Waals surface area contributed by atoms with Gasteiger partial charge in [0, 0.05) is 20.1 Å². The molecule has 1 rings (SSSR count). The van der Waals surface area contributed by atoms with Gasteiger partial charge in [0.2, 0.25) is 0 Å². The SMILES string of the molecule is COCCCOc1c(Cl)cc(CCN)cc1OC. The van der Waals surface area contributed by atoms with Gasteiger partial charge in [-0.3, -0.25) is 0 Å². The lowest BCUT2D eigenvalue weighted by atomic mass is 10.1. The maximum atomic E-state index is 6.18. The Bertz CT molecular complexity index is 371. The lowest BCUT2D eigenvalue weighted by molar-refractivity contribution is 0.170. The summed E-state index contributed by atoms with van der Waals surface area (Å²) in [5.41, 5.74) is 6.57. The van der Waals surface area contributed by atoms with Crippen LogP contribution in [0.25, 0.3) is 0 Å². The highest BCUT2D eigenvalue weighted by Crippen LogP contribution is 2.36. The minimum atomic E-state index is 0.542. The minimum Gasteiger partial charge on any atom is -0.493 e. The Labute approximate surface area is 113 Å². The zero-order valence-electron chi connectivity index (χ0n) is 10.9. The predicted octanol–water partition coefficient (Wildman–Crippen LogP) is 2.27. The average molecular weight is 274 g/mol. The molecule has 1 aromatic carbocycles. The number of nitrogens with two attached hydrogens (primary N) is 1. The van der Waals surface area contributed by atoms with E-state index in [0.29, 0.717) is 36.3 Å². The topological polar surface area (TPSA) is 53.7 Å². The van der Waals surface area contributed by atoms with Crippen LogP contribution in [0.5, 0.6) is 11.5 Å². The summed E-state index contributed by atoms with van der Waals surface area (Å²) in [6.07, 6.45) is 1.57. The third-order valence-corrected chi connectivity index (χ3v) is 2.74. The van der Waals surface area contributed by atoms with E-state index < -0.39 is 0 Å². The van der Waals surface area contributed by atoms with Crippen molar-refractivity contribution in [3.05, 3.63) is 22.7 Å². The zero-order valence-corrected chi connectivity index (χ0v) is 11.6. The van der Waals surface area contributed by atoms with Crippen molar-refractivity contribution in [2.45, 2.75) is 12.8 Å². The van der Waals surface area contributed by atoms with Crippen molar-refractivity contribution in [2.24, 2.45) is 5.73 Å². The minimum absolute atomic E-state index is 0.542. The van der Waals surface area contributed by atoms with E-state index in [4.69, 9.17) is 31.5 Å². The van der Waals surface area contributed by atoms with Gasteiger partial charge in [0.25, 0.3) is 0 Å². The fourth-order valence-corrected chi connectivity index (χ4v) is 1.89. The molecule has 0 aliphatic heterocycles. The van der Waals surface area contributed by atoms with E-state index >= 15 is 0 Å². The second-order valence-electron chi connectivity index (χ2n) is 3.84. The van der Waals surface area contributed by atoms with Crippen molar-refractivity contribution >= 4 is 11.6 Å². The highest BCUT2D eigenvalue weighted by Gasteiger charge is 2.11. The van der Waals surface area contributed by atoms with E-state index in [1.165, 1.54) is 0 Å². The molecule has 2 N–H and O–H groups in total. The molecule has 18 heavy (non-hydrogen) atoms. The number of ether oxygens (including phenoxy) is 3. The monoisotopic (exact) mass is 273 g/mol. The second-order valence-corrected chi connectivity index (χ2v) is 4.25. The van der Waals surface area contributed by atoms with Crippen LogP contribution in [0.4, 0.5) is 0 Å².